The molecule has 3 N–H and O–H groups in total. The van der Waals surface area contributed by atoms with Crippen LogP contribution in [0.15, 0.2) is 6.20 Å². The van der Waals surface area contributed by atoms with Gasteiger partial charge in [0.05, 0.1) is 30.1 Å². The number of aromatic nitrogens is 2. The Morgan fingerprint density at radius 2 is 2.00 bits per heavy atom. The SMILES string of the molecule is NC(=O)c1cnc(OC2COC2)nc1C1C2CC3CC1CC(O)(C3)C2. The summed E-state index contributed by atoms with van der Waals surface area (Å²) in [5.41, 5.74) is 6.18. The third kappa shape index (κ3) is 2.52. The van der Waals surface area contributed by atoms with Crippen LogP contribution >= 0.6 is 0 Å². The van der Waals surface area contributed by atoms with Crippen LogP contribution in [0.1, 0.15) is 54.1 Å². The normalized spacial score (nSPS) is 39.2. The van der Waals surface area contributed by atoms with Gasteiger partial charge in [-0.3, -0.25) is 4.79 Å². The molecule has 0 aromatic carbocycles. The van der Waals surface area contributed by atoms with Crippen LogP contribution < -0.4 is 10.5 Å². The molecule has 7 heteroatoms. The molecule has 2 unspecified atom stereocenters. The lowest BCUT2D eigenvalue weighted by atomic mass is 9.49. The summed E-state index contributed by atoms with van der Waals surface area (Å²) in [5, 5.41) is 10.8. The van der Waals surface area contributed by atoms with Crippen molar-refractivity contribution in [3.63, 3.8) is 0 Å². The minimum Gasteiger partial charge on any atom is -0.455 e. The number of aliphatic hydroxyl groups is 1. The van der Waals surface area contributed by atoms with Crippen LogP contribution in [0.25, 0.3) is 0 Å². The molecule has 0 spiro atoms. The number of rotatable bonds is 4. The Labute approximate surface area is 145 Å². The van der Waals surface area contributed by atoms with Crippen LogP contribution in [0.4, 0.5) is 0 Å². The lowest BCUT2D eigenvalue weighted by molar-refractivity contribution is -0.135. The Morgan fingerprint density at radius 3 is 2.56 bits per heavy atom. The summed E-state index contributed by atoms with van der Waals surface area (Å²) in [7, 11) is 0. The first-order chi connectivity index (χ1) is 12.0. The molecular weight excluding hydrogens is 322 g/mol. The molecule has 134 valence electrons. The summed E-state index contributed by atoms with van der Waals surface area (Å²) in [6.07, 6.45) is 6.18. The summed E-state index contributed by atoms with van der Waals surface area (Å²) >= 11 is 0. The standard InChI is InChI=1S/C18H23N3O4/c19-16(22)13-6-20-17(25-12-7-24-8-12)21-15(13)14-10-1-9-2-11(14)5-18(23,3-9)4-10/h6,9-12,14,23H,1-5,7-8H2,(H2,19,22). The van der Waals surface area contributed by atoms with Crippen molar-refractivity contribution in [1.82, 2.24) is 9.97 Å². The van der Waals surface area contributed by atoms with Gasteiger partial charge in [0.2, 0.25) is 0 Å². The molecule has 1 saturated heterocycles. The maximum atomic E-state index is 12.0. The number of ether oxygens (including phenoxy) is 2. The summed E-state index contributed by atoms with van der Waals surface area (Å²) in [4.78, 5) is 20.7. The predicted octanol–water partition coefficient (Wildman–Crippen LogP) is 1.01. The molecule has 2 atom stereocenters. The van der Waals surface area contributed by atoms with Gasteiger partial charge in [0, 0.05) is 12.1 Å². The molecule has 6 rings (SSSR count). The van der Waals surface area contributed by atoms with E-state index in [2.05, 4.69) is 9.97 Å². The van der Waals surface area contributed by atoms with E-state index in [0.29, 0.717) is 42.5 Å². The number of carbonyl (C=O) groups is 1. The van der Waals surface area contributed by atoms with E-state index in [9.17, 15) is 9.90 Å². The molecule has 4 saturated carbocycles. The van der Waals surface area contributed by atoms with Gasteiger partial charge in [0.25, 0.3) is 5.91 Å². The highest BCUT2D eigenvalue weighted by Crippen LogP contribution is 2.61. The van der Waals surface area contributed by atoms with E-state index < -0.39 is 11.5 Å². The first-order valence-corrected chi connectivity index (χ1v) is 9.14. The second-order valence-corrected chi connectivity index (χ2v) is 8.31. The summed E-state index contributed by atoms with van der Waals surface area (Å²) in [6, 6.07) is 0.292. The van der Waals surface area contributed by atoms with Crippen molar-refractivity contribution in [2.24, 2.45) is 23.5 Å². The number of hydrogen-bond acceptors (Lipinski definition) is 6. The molecule has 0 radical (unpaired) electrons. The quantitative estimate of drug-likeness (QED) is 0.843. The van der Waals surface area contributed by atoms with Crippen molar-refractivity contribution < 1.29 is 19.4 Å². The minimum absolute atomic E-state index is 0.0218. The van der Waals surface area contributed by atoms with E-state index in [0.717, 1.165) is 37.8 Å². The van der Waals surface area contributed by atoms with Crippen LogP contribution in [0.5, 0.6) is 6.01 Å². The van der Waals surface area contributed by atoms with Gasteiger partial charge in [-0.2, -0.15) is 4.98 Å². The number of nitrogens with zero attached hydrogens (tertiary/aromatic N) is 2. The van der Waals surface area contributed by atoms with Crippen molar-refractivity contribution >= 4 is 5.91 Å². The second kappa shape index (κ2) is 5.38. The van der Waals surface area contributed by atoms with Crippen LogP contribution in [0, 0.1) is 17.8 Å². The van der Waals surface area contributed by atoms with E-state index in [-0.39, 0.29) is 12.0 Å². The fourth-order valence-corrected chi connectivity index (χ4v) is 5.74. The fourth-order valence-electron chi connectivity index (χ4n) is 5.74. The van der Waals surface area contributed by atoms with E-state index >= 15 is 0 Å². The first kappa shape index (κ1) is 15.5. The van der Waals surface area contributed by atoms with Gasteiger partial charge in [-0.1, -0.05) is 0 Å². The second-order valence-electron chi connectivity index (χ2n) is 8.31. The van der Waals surface area contributed by atoms with Crippen LogP contribution in [-0.4, -0.2) is 45.9 Å². The topological polar surface area (TPSA) is 108 Å². The van der Waals surface area contributed by atoms with Crippen molar-refractivity contribution in [1.29, 1.82) is 0 Å². The van der Waals surface area contributed by atoms with Crippen LogP contribution in [0.3, 0.4) is 0 Å². The maximum absolute atomic E-state index is 12.0. The fraction of sp³-hybridized carbons (Fsp3) is 0.722. The summed E-state index contributed by atoms with van der Waals surface area (Å²) in [6.45, 7) is 1.08. The zero-order valence-corrected chi connectivity index (χ0v) is 14.1. The Morgan fingerprint density at radius 1 is 1.28 bits per heavy atom. The van der Waals surface area contributed by atoms with Crippen molar-refractivity contribution in [2.75, 3.05) is 13.2 Å². The highest BCUT2D eigenvalue weighted by Gasteiger charge is 2.56. The van der Waals surface area contributed by atoms with E-state index in [4.69, 9.17) is 15.2 Å². The lowest BCUT2D eigenvalue weighted by Gasteiger charge is -2.58. The molecule has 7 nitrogen and oxygen atoms in total. The van der Waals surface area contributed by atoms with Crippen LogP contribution in [0.2, 0.25) is 0 Å². The molecule has 2 heterocycles. The van der Waals surface area contributed by atoms with Gasteiger partial charge in [-0.15, -0.1) is 0 Å². The van der Waals surface area contributed by atoms with Gasteiger partial charge in [-0.05, 0) is 49.9 Å². The monoisotopic (exact) mass is 345 g/mol. The number of hydrogen-bond donors (Lipinski definition) is 2. The van der Waals surface area contributed by atoms with Crippen LogP contribution in [-0.2, 0) is 4.74 Å². The zero-order valence-electron chi connectivity index (χ0n) is 14.1. The third-order valence-electron chi connectivity index (χ3n) is 6.50. The molecule has 4 aliphatic carbocycles. The largest absolute Gasteiger partial charge is 0.455 e. The average molecular weight is 345 g/mol. The van der Waals surface area contributed by atoms with E-state index in [1.807, 2.05) is 0 Å². The van der Waals surface area contributed by atoms with Crippen molar-refractivity contribution in [3.05, 3.63) is 17.5 Å². The van der Waals surface area contributed by atoms with Gasteiger partial charge >= 0.3 is 6.01 Å². The Hall–Kier alpha value is -1.73. The number of nitrogens with two attached hydrogens (primary N) is 1. The number of primary amides is 1. The Balaban J connectivity index is 1.51. The van der Waals surface area contributed by atoms with Gasteiger partial charge < -0.3 is 20.3 Å². The predicted molar refractivity (Wildman–Crippen MR) is 87.0 cm³/mol. The molecule has 1 amide bonds. The average Bonchev–Trinajstić information content (AvgIpc) is 2.49. The summed E-state index contributed by atoms with van der Waals surface area (Å²) < 4.78 is 10.9. The van der Waals surface area contributed by atoms with Gasteiger partial charge in [0.1, 0.15) is 6.10 Å². The Bertz CT molecular complexity index is 704. The number of amides is 1. The van der Waals surface area contributed by atoms with E-state index in [1.54, 1.807) is 0 Å². The highest BCUT2D eigenvalue weighted by atomic mass is 16.6. The van der Waals surface area contributed by atoms with Crippen molar-refractivity contribution in [3.8, 4) is 6.01 Å². The molecule has 1 aromatic heterocycles. The molecular formula is C18H23N3O4. The van der Waals surface area contributed by atoms with Crippen molar-refractivity contribution in [2.45, 2.75) is 49.7 Å². The minimum atomic E-state index is -0.518. The first-order valence-electron chi connectivity index (χ1n) is 9.14. The maximum Gasteiger partial charge on any atom is 0.317 e. The summed E-state index contributed by atoms with van der Waals surface area (Å²) in [5.74, 6) is 0.956. The van der Waals surface area contributed by atoms with E-state index in [1.165, 1.54) is 6.20 Å². The number of carbonyl (C=O) groups excluding carboxylic acids is 1. The molecule has 25 heavy (non-hydrogen) atoms. The molecule has 1 aliphatic heterocycles. The zero-order chi connectivity index (χ0) is 17.2. The third-order valence-corrected chi connectivity index (χ3v) is 6.50. The molecule has 5 fully saturated rings. The lowest BCUT2D eigenvalue weighted by Crippen LogP contribution is -2.54. The Kier molecular flexibility index (Phi) is 3.34. The molecule has 1 aromatic rings. The highest BCUT2D eigenvalue weighted by molar-refractivity contribution is 5.93. The molecule has 5 aliphatic rings. The smallest absolute Gasteiger partial charge is 0.317 e. The molecule has 4 bridgehead atoms. The van der Waals surface area contributed by atoms with Gasteiger partial charge in [0.15, 0.2) is 0 Å². The van der Waals surface area contributed by atoms with Gasteiger partial charge in [-0.25, -0.2) is 4.98 Å².